The van der Waals surface area contributed by atoms with Gasteiger partial charge in [-0.05, 0) is 19.3 Å². The molecule has 6 heteroatoms. The Morgan fingerprint density at radius 1 is 1.50 bits per heavy atom. The topological polar surface area (TPSA) is 81.6 Å². The Kier molecular flexibility index (Phi) is 6.26. The molecule has 0 radical (unpaired) electrons. The van der Waals surface area contributed by atoms with Gasteiger partial charge in [-0.25, -0.2) is 4.99 Å². The first-order valence-electron chi connectivity index (χ1n) is 5.66. The summed E-state index contributed by atoms with van der Waals surface area (Å²) in [6, 6.07) is -0.874. The average molecular weight is 260 g/mol. The van der Waals surface area contributed by atoms with E-state index in [0.717, 1.165) is 6.42 Å². The van der Waals surface area contributed by atoms with E-state index < -0.39 is 23.3 Å². The van der Waals surface area contributed by atoms with Crippen LogP contribution >= 0.6 is 0 Å². The van der Waals surface area contributed by atoms with Crippen LogP contribution in [0.4, 0.5) is 0 Å². The number of amides is 2. The first-order chi connectivity index (χ1) is 7.87. The molecule has 2 amide bonds. The van der Waals surface area contributed by atoms with Gasteiger partial charge in [0.05, 0.1) is 6.02 Å². The second kappa shape index (κ2) is 6.50. The smallest absolute Gasteiger partial charge is 0.846 e. The monoisotopic (exact) mass is 260 g/mol. The third-order valence-electron chi connectivity index (χ3n) is 3.12. The van der Waals surface area contributed by atoms with Crippen LogP contribution in [0.15, 0.2) is 16.6 Å². The minimum atomic E-state index is -1.33. The van der Waals surface area contributed by atoms with Gasteiger partial charge < -0.3 is 10.4 Å². The number of aliphatic imine (C=N–C) groups is 1. The summed E-state index contributed by atoms with van der Waals surface area (Å²) in [6.07, 6.45) is 2.54. The molecule has 5 nitrogen and oxygen atoms in total. The van der Waals surface area contributed by atoms with Crippen molar-refractivity contribution in [1.29, 1.82) is 0 Å². The first-order valence-corrected chi connectivity index (χ1v) is 5.66. The van der Waals surface area contributed by atoms with Crippen molar-refractivity contribution in [2.75, 3.05) is 0 Å². The normalized spacial score (nSPS) is 24.5. The zero-order valence-corrected chi connectivity index (χ0v) is 13.5. The van der Waals surface area contributed by atoms with Crippen LogP contribution in [0.5, 0.6) is 0 Å². The molecule has 0 spiro atoms. The van der Waals surface area contributed by atoms with E-state index in [4.69, 9.17) is 0 Å². The SMILES string of the molecule is CCC=C(C)C1(C(C)C)C(=O)N=C([O-])NC1=O.[Na+]. The van der Waals surface area contributed by atoms with Gasteiger partial charge in [0.15, 0.2) is 5.41 Å². The van der Waals surface area contributed by atoms with Crippen LogP contribution in [-0.2, 0) is 9.59 Å². The van der Waals surface area contributed by atoms with E-state index in [0.29, 0.717) is 5.57 Å². The fourth-order valence-corrected chi connectivity index (χ4v) is 2.28. The minimum Gasteiger partial charge on any atom is -0.846 e. The van der Waals surface area contributed by atoms with Crippen molar-refractivity contribution in [1.82, 2.24) is 5.32 Å². The van der Waals surface area contributed by atoms with Gasteiger partial charge in [-0.15, -0.1) is 0 Å². The van der Waals surface area contributed by atoms with Crippen molar-refractivity contribution in [3.8, 4) is 0 Å². The molecule has 0 aromatic carbocycles. The maximum Gasteiger partial charge on any atom is 1.00 e. The minimum absolute atomic E-state index is 0. The maximum atomic E-state index is 12.0. The quantitative estimate of drug-likeness (QED) is 0.342. The molecule has 1 aliphatic heterocycles. The Labute approximate surface area is 129 Å². The van der Waals surface area contributed by atoms with Gasteiger partial charge >= 0.3 is 29.6 Å². The molecule has 0 aromatic rings. The van der Waals surface area contributed by atoms with Crippen LogP contribution in [-0.4, -0.2) is 17.8 Å². The van der Waals surface area contributed by atoms with Crippen molar-refractivity contribution < 1.29 is 44.3 Å². The molecule has 94 valence electrons. The fourth-order valence-electron chi connectivity index (χ4n) is 2.28. The number of nitrogens with zero attached hydrogens (tertiary/aromatic N) is 1. The molecular weight excluding hydrogens is 243 g/mol. The molecule has 1 heterocycles. The zero-order valence-electron chi connectivity index (χ0n) is 11.5. The van der Waals surface area contributed by atoms with E-state index >= 15 is 0 Å². The predicted molar refractivity (Wildman–Crippen MR) is 61.9 cm³/mol. The number of carbonyl (C=O) groups excluding carboxylic acids is 2. The summed E-state index contributed by atoms with van der Waals surface area (Å²) in [5.74, 6) is -1.49. The summed E-state index contributed by atoms with van der Waals surface area (Å²) in [5.41, 5.74) is -0.682. The number of nitrogens with one attached hydrogen (secondary N) is 1. The first kappa shape index (κ1) is 17.4. The Balaban J connectivity index is 0.00000289. The molecule has 1 rings (SSSR count). The largest absolute Gasteiger partial charge is 1.00 e. The van der Waals surface area contributed by atoms with Gasteiger partial charge in [0.1, 0.15) is 0 Å². The van der Waals surface area contributed by atoms with E-state index in [1.54, 1.807) is 20.8 Å². The molecule has 1 aliphatic rings. The molecular formula is C12H17N2NaO3. The van der Waals surface area contributed by atoms with Gasteiger partial charge in [-0.3, -0.25) is 9.59 Å². The van der Waals surface area contributed by atoms with E-state index in [1.165, 1.54) is 0 Å². The van der Waals surface area contributed by atoms with Crippen molar-refractivity contribution in [3.63, 3.8) is 0 Å². The van der Waals surface area contributed by atoms with Crippen LogP contribution in [0.1, 0.15) is 34.1 Å². The van der Waals surface area contributed by atoms with Gasteiger partial charge in [0.2, 0.25) is 5.91 Å². The summed E-state index contributed by atoms with van der Waals surface area (Å²) in [5, 5.41) is 13.2. The maximum absolute atomic E-state index is 12.0. The van der Waals surface area contributed by atoms with Crippen molar-refractivity contribution >= 4 is 17.8 Å². The Morgan fingerprint density at radius 3 is 2.44 bits per heavy atom. The molecule has 0 bridgehead atoms. The third kappa shape index (κ3) is 2.68. The summed E-state index contributed by atoms with van der Waals surface area (Å²) in [4.78, 5) is 27.4. The molecule has 0 saturated heterocycles. The van der Waals surface area contributed by atoms with Crippen LogP contribution in [0.25, 0.3) is 0 Å². The second-order valence-corrected chi connectivity index (χ2v) is 4.43. The van der Waals surface area contributed by atoms with E-state index in [-0.39, 0.29) is 35.5 Å². The molecule has 0 aliphatic carbocycles. The molecule has 0 saturated carbocycles. The van der Waals surface area contributed by atoms with Crippen LogP contribution in [0.2, 0.25) is 0 Å². The third-order valence-corrected chi connectivity index (χ3v) is 3.12. The average Bonchev–Trinajstić information content (AvgIpc) is 2.16. The summed E-state index contributed by atoms with van der Waals surface area (Å²) < 4.78 is 0. The number of rotatable bonds is 3. The Morgan fingerprint density at radius 2 is 2.06 bits per heavy atom. The van der Waals surface area contributed by atoms with Crippen LogP contribution in [0.3, 0.4) is 0 Å². The van der Waals surface area contributed by atoms with Gasteiger partial charge in [-0.1, -0.05) is 32.4 Å². The van der Waals surface area contributed by atoms with Crippen LogP contribution in [0, 0.1) is 11.3 Å². The van der Waals surface area contributed by atoms with E-state index in [9.17, 15) is 14.7 Å². The number of carbonyl (C=O) groups is 2. The van der Waals surface area contributed by atoms with Gasteiger partial charge in [0, 0.05) is 0 Å². The predicted octanol–water partition coefficient (Wildman–Crippen LogP) is -2.64. The number of amidine groups is 1. The molecule has 0 fully saturated rings. The van der Waals surface area contributed by atoms with Gasteiger partial charge in [-0.2, -0.15) is 0 Å². The summed E-state index contributed by atoms with van der Waals surface area (Å²) >= 11 is 0. The van der Waals surface area contributed by atoms with Crippen molar-refractivity contribution in [2.45, 2.75) is 34.1 Å². The van der Waals surface area contributed by atoms with Crippen molar-refractivity contribution in [3.05, 3.63) is 11.6 Å². The zero-order chi connectivity index (χ0) is 13.2. The van der Waals surface area contributed by atoms with E-state index in [1.807, 2.05) is 13.0 Å². The summed E-state index contributed by atoms with van der Waals surface area (Å²) in [6.45, 7) is 7.20. The summed E-state index contributed by atoms with van der Waals surface area (Å²) in [7, 11) is 0. The van der Waals surface area contributed by atoms with E-state index in [2.05, 4.69) is 10.3 Å². The second-order valence-electron chi connectivity index (χ2n) is 4.43. The Hall–Kier alpha value is -0.650. The molecule has 18 heavy (non-hydrogen) atoms. The number of hydrogen-bond acceptors (Lipinski definition) is 3. The molecule has 1 unspecified atom stereocenters. The number of allylic oxidation sites excluding steroid dienone is 1. The molecule has 1 atom stereocenters. The fraction of sp³-hybridized carbons (Fsp3) is 0.583. The van der Waals surface area contributed by atoms with Crippen LogP contribution < -0.4 is 40.0 Å². The standard InChI is InChI=1S/C12H18N2O3.Na/c1-5-6-8(4)12(7(2)3)9(15)13-11(17)14-10(12)16;/h6-7H,5H2,1-4H3,(H2,13,14,15,16,17);/q;+1/p-1. The molecule has 0 aromatic heterocycles. The Bertz CT molecular complexity index is 416. The van der Waals surface area contributed by atoms with Gasteiger partial charge in [0.25, 0.3) is 5.91 Å². The molecule has 1 N–H and O–H groups in total. The van der Waals surface area contributed by atoms with Crippen molar-refractivity contribution in [2.24, 2.45) is 16.3 Å². The number of hydrogen-bond donors (Lipinski definition) is 1.